The van der Waals surface area contributed by atoms with Gasteiger partial charge in [0.05, 0.1) is 6.42 Å². The number of hydrogen-bond donors (Lipinski definition) is 3. The summed E-state index contributed by atoms with van der Waals surface area (Å²) in [4.78, 5) is 22.5. The Hall–Kier alpha value is -1.26. The average molecular weight is 270 g/mol. The van der Waals surface area contributed by atoms with E-state index in [-0.39, 0.29) is 30.0 Å². The van der Waals surface area contributed by atoms with Gasteiger partial charge in [-0.3, -0.25) is 4.79 Å². The van der Waals surface area contributed by atoms with E-state index in [1.54, 1.807) is 0 Å². The van der Waals surface area contributed by atoms with Crippen LogP contribution in [-0.4, -0.2) is 29.2 Å². The second kappa shape index (κ2) is 6.78. The van der Waals surface area contributed by atoms with Gasteiger partial charge in [0.1, 0.15) is 0 Å². The molecule has 0 aromatic rings. The van der Waals surface area contributed by atoms with E-state index in [1.165, 1.54) is 6.42 Å². The fourth-order valence-corrected chi connectivity index (χ4v) is 2.74. The van der Waals surface area contributed by atoms with Crippen LogP contribution >= 0.6 is 0 Å². The predicted molar refractivity (Wildman–Crippen MR) is 74.0 cm³/mol. The molecule has 0 radical (unpaired) electrons. The number of carbonyl (C=O) groups is 2. The highest BCUT2D eigenvalue weighted by atomic mass is 16.4. The monoisotopic (exact) mass is 270 g/mol. The number of aliphatic carboxylic acids is 1. The van der Waals surface area contributed by atoms with E-state index in [0.29, 0.717) is 6.42 Å². The highest BCUT2D eigenvalue weighted by molar-refractivity contribution is 5.76. The maximum absolute atomic E-state index is 11.9. The number of carboxylic acids is 1. The largest absolute Gasteiger partial charge is 0.481 e. The first-order valence-corrected chi connectivity index (χ1v) is 7.11. The number of amides is 2. The molecule has 1 fully saturated rings. The zero-order valence-corrected chi connectivity index (χ0v) is 12.2. The van der Waals surface area contributed by atoms with Crippen molar-refractivity contribution in [3.63, 3.8) is 0 Å². The lowest BCUT2D eigenvalue weighted by atomic mass is 9.75. The number of rotatable bonds is 5. The normalized spacial score (nSPS) is 23.4. The van der Waals surface area contributed by atoms with Gasteiger partial charge in [-0.25, -0.2) is 4.79 Å². The van der Waals surface area contributed by atoms with Gasteiger partial charge in [-0.15, -0.1) is 0 Å². The molecule has 5 heteroatoms. The molecule has 2 unspecified atom stereocenters. The molecule has 5 nitrogen and oxygen atoms in total. The molecule has 2 amide bonds. The second-order valence-electron chi connectivity index (χ2n) is 6.28. The van der Waals surface area contributed by atoms with Crippen molar-refractivity contribution < 1.29 is 14.7 Å². The molecule has 0 bridgehead atoms. The van der Waals surface area contributed by atoms with Crippen molar-refractivity contribution in [1.82, 2.24) is 10.6 Å². The molecule has 0 heterocycles. The molecule has 1 aliphatic carbocycles. The zero-order chi connectivity index (χ0) is 14.5. The Bertz CT molecular complexity index is 329. The fraction of sp³-hybridized carbons (Fsp3) is 0.857. The highest BCUT2D eigenvalue weighted by Gasteiger charge is 2.29. The highest BCUT2D eigenvalue weighted by Crippen LogP contribution is 2.34. The summed E-state index contributed by atoms with van der Waals surface area (Å²) in [5.41, 5.74) is 0.279. The first kappa shape index (κ1) is 15.8. The molecule has 110 valence electrons. The summed E-state index contributed by atoms with van der Waals surface area (Å²) in [6.45, 7) is 6.31. The van der Waals surface area contributed by atoms with E-state index in [4.69, 9.17) is 5.11 Å². The van der Waals surface area contributed by atoms with Gasteiger partial charge >= 0.3 is 12.0 Å². The van der Waals surface area contributed by atoms with E-state index in [2.05, 4.69) is 24.5 Å². The lowest BCUT2D eigenvalue weighted by Gasteiger charge is -2.35. The van der Waals surface area contributed by atoms with Crippen molar-refractivity contribution >= 4 is 12.0 Å². The molecule has 2 atom stereocenters. The molecule has 0 saturated heterocycles. The van der Waals surface area contributed by atoms with Crippen molar-refractivity contribution in [3.8, 4) is 0 Å². The van der Waals surface area contributed by atoms with Gasteiger partial charge in [0.25, 0.3) is 0 Å². The van der Waals surface area contributed by atoms with Crippen LogP contribution in [0.1, 0.15) is 59.3 Å². The molecular weight excluding hydrogens is 244 g/mol. The lowest BCUT2D eigenvalue weighted by Crippen LogP contribution is -2.48. The summed E-state index contributed by atoms with van der Waals surface area (Å²) in [5.74, 6) is -0.883. The molecule has 3 N–H and O–H groups in total. The zero-order valence-electron chi connectivity index (χ0n) is 12.2. The molecule has 1 aliphatic rings. The molecular formula is C14H26N2O3. The van der Waals surface area contributed by atoms with Crippen LogP contribution < -0.4 is 10.6 Å². The number of nitrogens with one attached hydrogen (secondary N) is 2. The van der Waals surface area contributed by atoms with Gasteiger partial charge in [0, 0.05) is 12.1 Å². The molecule has 0 aromatic carbocycles. The summed E-state index contributed by atoms with van der Waals surface area (Å²) < 4.78 is 0. The summed E-state index contributed by atoms with van der Waals surface area (Å²) in [7, 11) is 0. The fourth-order valence-electron chi connectivity index (χ4n) is 2.74. The van der Waals surface area contributed by atoms with Gasteiger partial charge in [-0.05, 0) is 31.1 Å². The Morgan fingerprint density at radius 3 is 2.63 bits per heavy atom. The van der Waals surface area contributed by atoms with Gasteiger partial charge in [-0.1, -0.05) is 27.2 Å². The van der Waals surface area contributed by atoms with Crippen molar-refractivity contribution in [2.45, 2.75) is 71.4 Å². The Kier molecular flexibility index (Phi) is 5.63. The first-order valence-electron chi connectivity index (χ1n) is 7.11. The standard InChI is InChI=1S/C14H26N2O3/c1-4-10(8-12(17)18)15-13(19)16-11-6-5-7-14(2,3)9-11/h10-11H,4-9H2,1-3H3,(H,17,18)(H2,15,16,19). The van der Waals surface area contributed by atoms with Gasteiger partial charge in [0.15, 0.2) is 0 Å². The predicted octanol–water partition coefficient (Wildman–Crippen LogP) is 2.51. The Balaban J connectivity index is 2.39. The molecule has 0 aromatic heterocycles. The lowest BCUT2D eigenvalue weighted by molar-refractivity contribution is -0.137. The van der Waals surface area contributed by atoms with Gasteiger partial charge in [-0.2, -0.15) is 0 Å². The van der Waals surface area contributed by atoms with Crippen LogP contribution in [0.4, 0.5) is 4.79 Å². The minimum atomic E-state index is -0.883. The van der Waals surface area contributed by atoms with E-state index in [9.17, 15) is 9.59 Å². The number of carboxylic acid groups (broad SMARTS) is 1. The second-order valence-corrected chi connectivity index (χ2v) is 6.28. The Morgan fingerprint density at radius 2 is 2.11 bits per heavy atom. The molecule has 1 rings (SSSR count). The average Bonchev–Trinajstić information content (AvgIpc) is 2.25. The van der Waals surface area contributed by atoms with Crippen LogP contribution in [0.3, 0.4) is 0 Å². The van der Waals surface area contributed by atoms with E-state index < -0.39 is 5.97 Å². The minimum Gasteiger partial charge on any atom is -0.481 e. The van der Waals surface area contributed by atoms with E-state index in [1.807, 2.05) is 6.92 Å². The summed E-state index contributed by atoms with van der Waals surface area (Å²) >= 11 is 0. The Morgan fingerprint density at radius 1 is 1.42 bits per heavy atom. The number of urea groups is 1. The van der Waals surface area contributed by atoms with Crippen LogP contribution in [0.25, 0.3) is 0 Å². The van der Waals surface area contributed by atoms with Crippen molar-refractivity contribution in [2.24, 2.45) is 5.41 Å². The molecule has 1 saturated carbocycles. The Labute approximate surface area is 115 Å². The summed E-state index contributed by atoms with van der Waals surface area (Å²) in [5, 5.41) is 14.5. The number of carbonyl (C=O) groups excluding carboxylic acids is 1. The maximum atomic E-state index is 11.9. The van der Waals surface area contributed by atoms with Crippen LogP contribution in [-0.2, 0) is 4.79 Å². The summed E-state index contributed by atoms with van der Waals surface area (Å²) in [6.07, 6.45) is 4.91. The van der Waals surface area contributed by atoms with Crippen LogP contribution in [0, 0.1) is 5.41 Å². The third kappa shape index (κ3) is 5.94. The molecule has 0 spiro atoms. The maximum Gasteiger partial charge on any atom is 0.315 e. The van der Waals surface area contributed by atoms with Crippen LogP contribution in [0.5, 0.6) is 0 Å². The van der Waals surface area contributed by atoms with Crippen molar-refractivity contribution in [3.05, 3.63) is 0 Å². The molecule has 19 heavy (non-hydrogen) atoms. The topological polar surface area (TPSA) is 78.4 Å². The SMILES string of the molecule is CCC(CC(=O)O)NC(=O)NC1CCCC(C)(C)C1. The van der Waals surface area contributed by atoms with Crippen molar-refractivity contribution in [2.75, 3.05) is 0 Å². The quantitative estimate of drug-likeness (QED) is 0.718. The van der Waals surface area contributed by atoms with Crippen molar-refractivity contribution in [1.29, 1.82) is 0 Å². The minimum absolute atomic E-state index is 0.0277. The van der Waals surface area contributed by atoms with Gasteiger partial charge in [0.2, 0.25) is 0 Å². The van der Waals surface area contributed by atoms with Gasteiger partial charge < -0.3 is 15.7 Å². The summed E-state index contributed by atoms with van der Waals surface area (Å²) in [6, 6.07) is -0.337. The van der Waals surface area contributed by atoms with Crippen LogP contribution in [0.15, 0.2) is 0 Å². The molecule has 0 aliphatic heterocycles. The van der Waals surface area contributed by atoms with Crippen LogP contribution in [0.2, 0.25) is 0 Å². The third-order valence-electron chi connectivity index (χ3n) is 3.79. The first-order chi connectivity index (χ1) is 8.82. The van der Waals surface area contributed by atoms with E-state index >= 15 is 0 Å². The van der Waals surface area contributed by atoms with E-state index in [0.717, 1.165) is 19.3 Å². The smallest absolute Gasteiger partial charge is 0.315 e. The number of hydrogen-bond acceptors (Lipinski definition) is 2. The third-order valence-corrected chi connectivity index (χ3v) is 3.79.